The lowest BCUT2D eigenvalue weighted by molar-refractivity contribution is -0.140. The van der Waals surface area contributed by atoms with Gasteiger partial charge in [-0.05, 0) is 177 Å². The summed E-state index contributed by atoms with van der Waals surface area (Å²) >= 11 is 0. The van der Waals surface area contributed by atoms with Crippen molar-refractivity contribution in [1.82, 2.24) is 9.80 Å². The summed E-state index contributed by atoms with van der Waals surface area (Å²) in [5.41, 5.74) is 0. The van der Waals surface area contributed by atoms with E-state index in [0.29, 0.717) is 38.3 Å². The lowest BCUT2D eigenvalue weighted by Crippen LogP contribution is -2.53. The average Bonchev–Trinajstić information content (AvgIpc) is 3.20. The van der Waals surface area contributed by atoms with Crippen molar-refractivity contribution in [3.05, 3.63) is 107 Å². The van der Waals surface area contributed by atoms with Gasteiger partial charge in [-0.15, -0.1) is 0 Å². The molecule has 0 radical (unpaired) electrons. The lowest BCUT2D eigenvalue weighted by Gasteiger charge is -2.39. The highest BCUT2D eigenvalue weighted by Crippen LogP contribution is 2.30. The number of esters is 2. The highest BCUT2D eigenvalue weighted by atomic mass is 32.2. The molecular formula is C48H82N2O12S2Si6. The van der Waals surface area contributed by atoms with Crippen molar-refractivity contribution in [2.24, 2.45) is 11.8 Å². The fourth-order valence-electron chi connectivity index (χ4n) is 8.29. The maximum Gasteiger partial charge on any atom is 0.350 e. The molecule has 0 aromatic heterocycles. The van der Waals surface area contributed by atoms with E-state index in [-0.39, 0.29) is 34.8 Å². The van der Waals surface area contributed by atoms with Crippen LogP contribution in [0.5, 0.6) is 0 Å². The predicted molar refractivity (Wildman–Crippen MR) is 296 cm³/mol. The zero-order valence-electron chi connectivity index (χ0n) is 44.7. The van der Waals surface area contributed by atoms with Crippen LogP contribution in [0.15, 0.2) is 117 Å². The number of rotatable bonds is 26. The van der Waals surface area contributed by atoms with E-state index in [4.69, 9.17) is 25.9 Å². The van der Waals surface area contributed by atoms with Gasteiger partial charge in [-0.2, -0.15) is 0 Å². The number of ether oxygens (including phenoxy) is 2. The zero-order valence-corrected chi connectivity index (χ0v) is 52.3. The predicted octanol–water partition coefficient (Wildman–Crippen LogP) is 10.3. The first-order valence-corrected chi connectivity index (χ1v) is 45.7. The van der Waals surface area contributed by atoms with Crippen molar-refractivity contribution in [3.8, 4) is 0 Å². The normalized spacial score (nSPS) is 16.5. The Morgan fingerprint density at radius 2 is 0.771 bits per heavy atom. The van der Waals surface area contributed by atoms with E-state index >= 15 is 0 Å². The van der Waals surface area contributed by atoms with Gasteiger partial charge in [-0.1, -0.05) is 50.2 Å². The Morgan fingerprint density at radius 3 is 1.03 bits per heavy atom. The Kier molecular flexibility index (Phi) is 22.1. The van der Waals surface area contributed by atoms with Gasteiger partial charge in [-0.25, -0.2) is 26.4 Å². The van der Waals surface area contributed by atoms with Gasteiger partial charge in [0.25, 0.3) is 0 Å². The number of hydrogen-bond acceptors (Lipinski definition) is 14. The minimum atomic E-state index is -4.24. The molecule has 2 unspecified atom stereocenters. The first-order valence-electron chi connectivity index (χ1n) is 24.0. The second-order valence-corrected chi connectivity index (χ2v) is 51.7. The molecule has 2 aromatic rings. The third-order valence-electron chi connectivity index (χ3n) is 10.1. The van der Waals surface area contributed by atoms with Crippen LogP contribution in [0.1, 0.15) is 13.8 Å². The maximum atomic E-state index is 13.9. The molecule has 0 saturated carbocycles. The minimum absolute atomic E-state index is 0.00801. The van der Waals surface area contributed by atoms with Crippen LogP contribution in [0.2, 0.25) is 104 Å². The quantitative estimate of drug-likeness (QED) is 0.0378. The van der Waals surface area contributed by atoms with E-state index in [2.05, 4.69) is 91.7 Å². The van der Waals surface area contributed by atoms with Crippen LogP contribution in [0, 0.1) is 11.8 Å². The monoisotopic (exact) mass is 1110 g/mol. The molecule has 1 heterocycles. The van der Waals surface area contributed by atoms with Crippen molar-refractivity contribution < 1.29 is 52.4 Å². The van der Waals surface area contributed by atoms with Crippen LogP contribution < -0.4 is 0 Å². The highest BCUT2D eigenvalue weighted by molar-refractivity contribution is 7.96. The van der Waals surface area contributed by atoms with Gasteiger partial charge >= 0.3 is 29.1 Å². The summed E-state index contributed by atoms with van der Waals surface area (Å²) in [6, 6.07) is 16.8. The molecule has 22 heteroatoms. The molecule has 1 aliphatic heterocycles. The Hall–Kier alpha value is -3.02. The molecule has 14 nitrogen and oxygen atoms in total. The number of sulfone groups is 2. The van der Waals surface area contributed by atoms with E-state index in [9.17, 15) is 26.4 Å². The van der Waals surface area contributed by atoms with Crippen LogP contribution >= 0.6 is 0 Å². The third kappa shape index (κ3) is 21.6. The average molecular weight is 1110 g/mol. The van der Waals surface area contributed by atoms with E-state index < -0.39 is 91.8 Å². The summed E-state index contributed by atoms with van der Waals surface area (Å²) in [6.07, 6.45) is 9.11. The molecule has 0 amide bonds. The number of allylic oxidation sites excluding steroid dienone is 4. The van der Waals surface area contributed by atoms with Crippen LogP contribution in [-0.4, -0.2) is 128 Å². The first-order chi connectivity index (χ1) is 32.0. The number of carbonyl (C=O) groups excluding carboxylic acids is 2. The number of nitrogens with zero attached hydrogens (tertiary/aromatic N) is 2. The number of carbonyl (C=O) groups is 2. The standard InChI is InChI=1S/C48H82N2O12S2Si6/c1-41(39-69(15,59-65(3,4)5)60-66(6,7)8)37-57-47(51)45(63(53,54)43-25-19-17-20-26-43)29-23-31-49-33-35-50(36-34-49)32-24-30-46(64(55,56)44-27-21-18-22-28-44)48(52)58-38-42(2)40-70(16,61-67(9,10)11)62-68(12,13)14/h17-32,41-42H,33-40H2,1-16H3/b31-23+,32-24+,45-29+,46-30+. The minimum Gasteiger partial charge on any atom is -0.461 e. The topological polar surface area (TPSA) is 164 Å². The maximum absolute atomic E-state index is 13.9. The van der Waals surface area contributed by atoms with Crippen LogP contribution in [0.3, 0.4) is 0 Å². The number of hydrogen-bond donors (Lipinski definition) is 0. The van der Waals surface area contributed by atoms with Gasteiger partial charge in [-0.3, -0.25) is 0 Å². The van der Waals surface area contributed by atoms with Crippen LogP contribution in [0.25, 0.3) is 0 Å². The molecule has 2 aromatic carbocycles. The second-order valence-electron chi connectivity index (χ2n) is 22.4. The van der Waals surface area contributed by atoms with Crippen molar-refractivity contribution in [2.45, 2.75) is 127 Å². The fourth-order valence-corrected chi connectivity index (χ4v) is 36.8. The summed E-state index contributed by atoms with van der Waals surface area (Å²) in [6.45, 7) is 35.7. The summed E-state index contributed by atoms with van der Waals surface area (Å²) in [5.74, 6) is -2.18. The van der Waals surface area contributed by atoms with Crippen molar-refractivity contribution in [3.63, 3.8) is 0 Å². The Balaban J connectivity index is 1.77. The molecule has 3 rings (SSSR count). The van der Waals surface area contributed by atoms with E-state index in [1.807, 2.05) is 23.6 Å². The fraction of sp³-hybridized carbons (Fsp3) is 0.542. The molecular weight excluding hydrogens is 1030 g/mol. The summed E-state index contributed by atoms with van der Waals surface area (Å²) < 4.78 is 93.6. The number of piperazine rings is 1. The van der Waals surface area contributed by atoms with E-state index in [1.54, 1.807) is 48.8 Å². The van der Waals surface area contributed by atoms with Gasteiger partial charge in [0.05, 0.1) is 23.0 Å². The molecule has 1 saturated heterocycles. The SMILES string of the molecule is CC(COC(=O)/C(=C\C=C\N1CCN(/C=C/C=C(\C(=O)OCC(C)C[Si](C)(O[Si](C)(C)C)O[Si](C)(C)C)S(=O)(=O)c2ccccc2)CC1)S(=O)(=O)c1ccccc1)C[Si](C)(O[Si](C)(C)C)O[Si](C)(C)C. The van der Waals surface area contributed by atoms with Crippen molar-refractivity contribution >= 4 is 82.0 Å². The molecule has 0 N–H and O–H groups in total. The molecule has 392 valence electrons. The van der Waals surface area contributed by atoms with Gasteiger partial charge in [0.2, 0.25) is 19.7 Å². The Labute approximate surface area is 427 Å². The van der Waals surface area contributed by atoms with Crippen molar-refractivity contribution in [2.75, 3.05) is 39.4 Å². The van der Waals surface area contributed by atoms with Gasteiger partial charge in [0, 0.05) is 26.2 Å². The van der Waals surface area contributed by atoms with E-state index in [1.165, 1.54) is 48.6 Å². The molecule has 2 atom stereocenters. The van der Waals surface area contributed by atoms with Gasteiger partial charge < -0.3 is 35.7 Å². The summed E-state index contributed by atoms with van der Waals surface area (Å²) in [5, 5.41) is 0. The first kappa shape index (κ1) is 61.3. The second kappa shape index (κ2) is 25.3. The smallest absolute Gasteiger partial charge is 0.350 e. The molecule has 0 aliphatic carbocycles. The zero-order chi connectivity index (χ0) is 53.0. The molecule has 0 bridgehead atoms. The van der Waals surface area contributed by atoms with Crippen LogP contribution in [-0.2, 0) is 55.2 Å². The summed E-state index contributed by atoms with van der Waals surface area (Å²) in [4.78, 5) is 30.4. The Bertz CT molecular complexity index is 2190. The lowest BCUT2D eigenvalue weighted by atomic mass is 10.2. The number of benzene rings is 2. The molecule has 0 spiro atoms. The van der Waals surface area contributed by atoms with Gasteiger partial charge in [0.15, 0.2) is 43.1 Å². The third-order valence-corrected chi connectivity index (χ3v) is 33.2. The largest absolute Gasteiger partial charge is 0.461 e. The Morgan fingerprint density at radius 1 is 0.500 bits per heavy atom. The molecule has 70 heavy (non-hydrogen) atoms. The van der Waals surface area contributed by atoms with E-state index in [0.717, 1.165) is 0 Å². The molecule has 1 aliphatic rings. The van der Waals surface area contributed by atoms with Crippen molar-refractivity contribution in [1.29, 1.82) is 0 Å². The molecule has 1 fully saturated rings. The van der Waals surface area contributed by atoms with Crippen LogP contribution in [0.4, 0.5) is 0 Å². The highest BCUT2D eigenvalue weighted by Gasteiger charge is 2.43. The van der Waals surface area contributed by atoms with Gasteiger partial charge in [0.1, 0.15) is 0 Å². The summed E-state index contributed by atoms with van der Waals surface area (Å²) in [7, 11) is -21.6.